The molecule has 0 aromatic heterocycles. The molecule has 0 atom stereocenters. The molecule has 0 saturated carbocycles. The van der Waals surface area contributed by atoms with Crippen molar-refractivity contribution in [2.24, 2.45) is 0 Å². The van der Waals surface area contributed by atoms with E-state index >= 15 is 0 Å². The second kappa shape index (κ2) is 5.01. The maximum absolute atomic E-state index is 3.47. The monoisotopic (exact) mass is 172 g/mol. The van der Waals surface area contributed by atoms with Crippen LogP contribution in [0, 0.1) is 0 Å². The molecule has 0 unspecified atom stereocenters. The minimum absolute atomic E-state index is 1.73. The van der Waals surface area contributed by atoms with Gasteiger partial charge in [-0.15, -0.1) is 0 Å². The van der Waals surface area contributed by atoms with Crippen LogP contribution in [0.2, 0.25) is 0 Å². The van der Waals surface area contributed by atoms with Crippen molar-refractivity contribution in [2.75, 3.05) is 0 Å². The Hall–Kier alpha value is 0.0123. The molecule has 0 amide bonds. The Kier molecular flexibility index (Phi) is 5.02. The van der Waals surface area contributed by atoms with Gasteiger partial charge in [0.1, 0.15) is 0 Å². The van der Waals surface area contributed by atoms with Crippen molar-refractivity contribution in [1.82, 2.24) is 0 Å². The van der Waals surface area contributed by atoms with Gasteiger partial charge in [0.2, 0.25) is 0 Å². The van der Waals surface area contributed by atoms with Crippen molar-refractivity contribution in [3.05, 3.63) is 24.8 Å². The summed E-state index contributed by atoms with van der Waals surface area (Å²) in [5.41, 5.74) is 0. The van der Waals surface area contributed by atoms with Gasteiger partial charge in [-0.1, -0.05) is 0 Å². The third-order valence-corrected chi connectivity index (χ3v) is 0.607. The molecule has 0 spiro atoms. The van der Waals surface area contributed by atoms with Gasteiger partial charge >= 0.3 is 48.0 Å². The normalized spacial score (nSPS) is 9.00. The molecule has 0 aromatic rings. The summed E-state index contributed by atoms with van der Waals surface area (Å²) in [4.78, 5) is 0. The topological polar surface area (TPSA) is 0 Å². The molecule has 1 heteroatoms. The van der Waals surface area contributed by atoms with E-state index < -0.39 is 0 Å². The molecule has 0 aliphatic rings. The maximum atomic E-state index is 3.47. The van der Waals surface area contributed by atoms with Crippen molar-refractivity contribution in [3.63, 3.8) is 0 Å². The van der Waals surface area contributed by atoms with Gasteiger partial charge in [-0.25, -0.2) is 0 Å². The molecule has 0 nitrogen and oxygen atoms in total. The van der Waals surface area contributed by atoms with Crippen molar-refractivity contribution in [3.8, 4) is 0 Å². The Bertz CT molecular complexity index is 62.0. The van der Waals surface area contributed by atoms with Gasteiger partial charge in [0, 0.05) is 0 Å². The minimum atomic E-state index is 1.73. The van der Waals surface area contributed by atoms with Gasteiger partial charge < -0.3 is 0 Å². The van der Waals surface area contributed by atoms with E-state index in [-0.39, 0.29) is 0 Å². The molecule has 0 rings (SSSR count). The first kappa shape index (κ1) is 6.01. The van der Waals surface area contributed by atoms with Crippen LogP contribution in [0.15, 0.2) is 24.8 Å². The van der Waals surface area contributed by atoms with E-state index in [0.717, 1.165) is 0 Å². The summed E-state index contributed by atoms with van der Waals surface area (Å²) in [7, 11) is 0. The Morgan fingerprint density at radius 1 is 1.33 bits per heavy atom. The van der Waals surface area contributed by atoms with Crippen molar-refractivity contribution in [2.45, 2.75) is 0 Å². The molecule has 0 aliphatic heterocycles. The Labute approximate surface area is 48.5 Å². The van der Waals surface area contributed by atoms with Gasteiger partial charge in [0.05, 0.1) is 0 Å². The van der Waals surface area contributed by atoms with Gasteiger partial charge in [-0.3, -0.25) is 0 Å². The van der Waals surface area contributed by atoms with Crippen molar-refractivity contribution in [1.29, 1.82) is 0 Å². The summed E-state index contributed by atoms with van der Waals surface area (Å²) < 4.78 is 1.81. The first-order valence-electron chi connectivity index (χ1n) is 1.59. The summed E-state index contributed by atoms with van der Waals surface area (Å²) in [6.07, 6.45) is 5.45. The van der Waals surface area contributed by atoms with E-state index in [1.807, 2.05) is 16.6 Å². The second-order valence-electron chi connectivity index (χ2n) is 0.726. The van der Waals surface area contributed by atoms with Gasteiger partial charge in [0.15, 0.2) is 0 Å². The van der Waals surface area contributed by atoms with E-state index in [9.17, 15) is 0 Å². The van der Waals surface area contributed by atoms with Crippen LogP contribution in [0.5, 0.6) is 0 Å². The number of allylic oxidation sites excluding steroid dienone is 3. The predicted octanol–water partition coefficient (Wildman–Crippen LogP) is 1.08. The van der Waals surface area contributed by atoms with Gasteiger partial charge in [-0.2, -0.15) is 0 Å². The van der Waals surface area contributed by atoms with E-state index in [0.29, 0.717) is 0 Å². The number of rotatable bonds is 2. The Morgan fingerprint density at radius 2 is 2.00 bits per heavy atom. The molecule has 0 aromatic carbocycles. The van der Waals surface area contributed by atoms with E-state index in [1.165, 1.54) is 0 Å². The van der Waals surface area contributed by atoms with Gasteiger partial charge in [-0.05, 0) is 0 Å². The van der Waals surface area contributed by atoms with Crippen LogP contribution in [0.1, 0.15) is 0 Å². The second-order valence-corrected chi connectivity index (χ2v) is 1.24. The first-order valence-corrected chi connectivity index (χ1v) is 2.49. The fraction of sp³-hybridized carbons (Fsp3) is 0. The molecule has 0 fully saturated rings. The molecule has 36 valence electrons. The zero-order valence-electron chi connectivity index (χ0n) is 3.33. The third kappa shape index (κ3) is 4.01. The van der Waals surface area contributed by atoms with Crippen LogP contribution < -0.4 is 0 Å². The van der Waals surface area contributed by atoms with Crippen LogP contribution in [0.4, 0.5) is 0 Å². The molecule has 0 radical (unpaired) electrons. The van der Waals surface area contributed by atoms with E-state index in [2.05, 4.69) is 25.3 Å². The zero-order chi connectivity index (χ0) is 4.83. The summed E-state index contributed by atoms with van der Waals surface area (Å²) in [6.45, 7) is 3.47. The molecule has 0 heterocycles. The summed E-state index contributed by atoms with van der Waals surface area (Å²) in [5.74, 6) is 0. The number of hydrogen-bond donors (Lipinski definition) is 0. The Morgan fingerprint density at radius 3 is 2.17 bits per heavy atom. The molecular formula is C5H6Pd. The van der Waals surface area contributed by atoms with E-state index in [4.69, 9.17) is 0 Å². The van der Waals surface area contributed by atoms with Crippen LogP contribution in [0.3, 0.4) is 0 Å². The standard InChI is InChI=1S/C5H6.Pd/c1-3-5-4-2;/h1,3-5H,2H2;/b5-3-;. The molecule has 0 bridgehead atoms. The molecule has 0 saturated heterocycles. The van der Waals surface area contributed by atoms with E-state index in [1.54, 1.807) is 6.08 Å². The zero-order valence-corrected chi connectivity index (χ0v) is 4.89. The Balaban J connectivity index is 3.17. The quantitative estimate of drug-likeness (QED) is 0.432. The summed E-state index contributed by atoms with van der Waals surface area (Å²) >= 11 is 2.87. The number of hydrogen-bond acceptors (Lipinski definition) is 0. The fourth-order valence-electron chi connectivity index (χ4n) is 0.114. The summed E-state index contributed by atoms with van der Waals surface area (Å²) in [5, 5.41) is 0. The average molecular weight is 173 g/mol. The average Bonchev–Trinajstić information content (AvgIpc) is 1.61. The third-order valence-electron chi connectivity index (χ3n) is 0.308. The SMILES string of the molecule is C=C/C=C\[CH]=[Pd]. The molecule has 0 N–H and O–H groups in total. The van der Waals surface area contributed by atoms with Crippen molar-refractivity contribution >= 4 is 4.49 Å². The fourth-order valence-corrected chi connectivity index (χ4v) is 0.286. The van der Waals surface area contributed by atoms with Crippen LogP contribution in [-0.4, -0.2) is 4.49 Å². The summed E-state index contributed by atoms with van der Waals surface area (Å²) in [6, 6.07) is 0. The molecule has 6 heavy (non-hydrogen) atoms. The molecular weight excluding hydrogens is 166 g/mol. The predicted molar refractivity (Wildman–Crippen MR) is 25.4 cm³/mol. The van der Waals surface area contributed by atoms with Crippen molar-refractivity contribution < 1.29 is 18.7 Å². The molecule has 0 aliphatic carbocycles. The van der Waals surface area contributed by atoms with Gasteiger partial charge in [0.25, 0.3) is 0 Å². The van der Waals surface area contributed by atoms with Crippen LogP contribution in [-0.2, 0) is 18.7 Å². The first-order chi connectivity index (χ1) is 2.91. The van der Waals surface area contributed by atoms with Crippen LogP contribution in [0.25, 0.3) is 0 Å². The van der Waals surface area contributed by atoms with Crippen LogP contribution >= 0.6 is 0 Å².